The highest BCUT2D eigenvalue weighted by Gasteiger charge is 2.13. The fraction of sp³-hybridized carbons (Fsp3) is 0.211. The van der Waals surface area contributed by atoms with Crippen LogP contribution in [0.1, 0.15) is 18.9 Å². The lowest BCUT2D eigenvalue weighted by Crippen LogP contribution is -2.00. The van der Waals surface area contributed by atoms with Crippen LogP contribution < -0.4 is 0 Å². The van der Waals surface area contributed by atoms with Crippen LogP contribution in [0.25, 0.3) is 16.9 Å². The van der Waals surface area contributed by atoms with Crippen molar-refractivity contribution in [3.63, 3.8) is 0 Å². The van der Waals surface area contributed by atoms with Crippen LogP contribution in [0.5, 0.6) is 0 Å². The largest absolute Gasteiger partial charge is 0.232 e. The van der Waals surface area contributed by atoms with Crippen molar-refractivity contribution in [1.29, 1.82) is 0 Å². The van der Waals surface area contributed by atoms with Crippen LogP contribution in [0.2, 0.25) is 5.15 Å². The average molecular weight is 375 g/mol. The molecule has 0 unspecified atom stereocenters. The molecular weight excluding hydrogens is 356 g/mol. The zero-order valence-corrected chi connectivity index (χ0v) is 15.7. The van der Waals surface area contributed by atoms with Crippen molar-refractivity contribution in [2.24, 2.45) is 0 Å². The topological polar surface area (TPSA) is 52.0 Å². The maximum absolute atomic E-state index is 11.6. The SMILES string of the molecule is CCCc1ccc(-n2nc(Cl)cc2-c2ccc(S(C)(=O)=O)cc2)cc1. The molecule has 0 saturated carbocycles. The molecule has 0 aliphatic carbocycles. The molecule has 0 spiro atoms. The molecule has 130 valence electrons. The average Bonchev–Trinajstić information content (AvgIpc) is 2.97. The van der Waals surface area contributed by atoms with E-state index in [0.717, 1.165) is 29.8 Å². The molecule has 0 amide bonds. The van der Waals surface area contributed by atoms with Gasteiger partial charge in [0, 0.05) is 17.9 Å². The maximum Gasteiger partial charge on any atom is 0.175 e. The van der Waals surface area contributed by atoms with E-state index in [-0.39, 0.29) is 4.90 Å². The van der Waals surface area contributed by atoms with Gasteiger partial charge in [0.1, 0.15) is 0 Å². The normalized spacial score (nSPS) is 11.6. The first-order valence-corrected chi connectivity index (χ1v) is 10.3. The van der Waals surface area contributed by atoms with Crippen molar-refractivity contribution < 1.29 is 8.42 Å². The van der Waals surface area contributed by atoms with Gasteiger partial charge in [-0.25, -0.2) is 13.1 Å². The third-order valence-electron chi connectivity index (χ3n) is 3.98. The highest BCUT2D eigenvalue weighted by molar-refractivity contribution is 7.90. The summed E-state index contributed by atoms with van der Waals surface area (Å²) < 4.78 is 25.0. The third-order valence-corrected chi connectivity index (χ3v) is 5.29. The number of aryl methyl sites for hydroxylation is 1. The summed E-state index contributed by atoms with van der Waals surface area (Å²) in [6.07, 6.45) is 3.34. The standard InChI is InChI=1S/C19H19ClN2O2S/c1-3-4-14-5-9-16(10-6-14)22-18(13-19(20)21-22)15-7-11-17(12-8-15)25(2,23)24/h5-13H,3-4H2,1-2H3. The summed E-state index contributed by atoms with van der Waals surface area (Å²) in [6, 6.07) is 16.7. The molecule has 0 bridgehead atoms. The van der Waals surface area contributed by atoms with Gasteiger partial charge in [-0.15, -0.1) is 0 Å². The summed E-state index contributed by atoms with van der Waals surface area (Å²) in [4.78, 5) is 0.289. The molecule has 3 aromatic rings. The lowest BCUT2D eigenvalue weighted by atomic mass is 10.1. The van der Waals surface area contributed by atoms with Gasteiger partial charge in [-0.3, -0.25) is 0 Å². The van der Waals surface area contributed by atoms with Gasteiger partial charge in [-0.2, -0.15) is 5.10 Å². The minimum atomic E-state index is -3.22. The molecule has 25 heavy (non-hydrogen) atoms. The predicted octanol–water partition coefficient (Wildman–Crippen LogP) is 4.55. The van der Waals surface area contributed by atoms with Crippen molar-refractivity contribution in [2.75, 3.05) is 6.26 Å². The molecule has 0 aliphatic heterocycles. The number of sulfone groups is 1. The monoisotopic (exact) mass is 374 g/mol. The molecule has 1 heterocycles. The van der Waals surface area contributed by atoms with Gasteiger partial charge < -0.3 is 0 Å². The van der Waals surface area contributed by atoms with Crippen LogP contribution in [-0.4, -0.2) is 24.5 Å². The van der Waals surface area contributed by atoms with Crippen molar-refractivity contribution in [3.8, 4) is 16.9 Å². The highest BCUT2D eigenvalue weighted by atomic mass is 35.5. The van der Waals surface area contributed by atoms with Crippen molar-refractivity contribution >= 4 is 21.4 Å². The zero-order valence-electron chi connectivity index (χ0n) is 14.1. The Kier molecular flexibility index (Phi) is 4.97. The molecule has 4 nitrogen and oxygen atoms in total. The van der Waals surface area contributed by atoms with Gasteiger partial charge in [-0.05, 0) is 36.2 Å². The van der Waals surface area contributed by atoms with Crippen LogP contribution in [0.4, 0.5) is 0 Å². The van der Waals surface area contributed by atoms with E-state index in [1.54, 1.807) is 35.0 Å². The second-order valence-corrected chi connectivity index (χ2v) is 8.38. The van der Waals surface area contributed by atoms with Crippen molar-refractivity contribution in [2.45, 2.75) is 24.7 Å². The molecule has 0 saturated heterocycles. The van der Waals surface area contributed by atoms with E-state index < -0.39 is 9.84 Å². The third kappa shape index (κ3) is 3.94. The van der Waals surface area contributed by atoms with Gasteiger partial charge in [0.05, 0.1) is 16.3 Å². The summed E-state index contributed by atoms with van der Waals surface area (Å²) in [5.41, 5.74) is 3.86. The molecule has 0 radical (unpaired) electrons. The summed E-state index contributed by atoms with van der Waals surface area (Å²) in [5.74, 6) is 0. The Bertz CT molecular complexity index is 975. The van der Waals surface area contributed by atoms with Crippen LogP contribution in [0, 0.1) is 0 Å². The van der Waals surface area contributed by atoms with E-state index in [4.69, 9.17) is 11.6 Å². The van der Waals surface area contributed by atoms with Crippen LogP contribution in [0.15, 0.2) is 59.5 Å². The lowest BCUT2D eigenvalue weighted by Gasteiger charge is -2.09. The van der Waals surface area contributed by atoms with Crippen LogP contribution >= 0.6 is 11.6 Å². The van der Waals surface area contributed by atoms with E-state index in [0.29, 0.717) is 5.15 Å². The van der Waals surface area contributed by atoms with E-state index in [9.17, 15) is 8.42 Å². The quantitative estimate of drug-likeness (QED) is 0.658. The summed E-state index contributed by atoms with van der Waals surface area (Å²) in [6.45, 7) is 2.15. The summed E-state index contributed by atoms with van der Waals surface area (Å²) in [5, 5.41) is 4.76. The Hall–Kier alpha value is -2.11. The minimum Gasteiger partial charge on any atom is -0.232 e. The number of hydrogen-bond donors (Lipinski definition) is 0. The molecule has 3 rings (SSSR count). The Balaban J connectivity index is 2.01. The minimum absolute atomic E-state index is 0.289. The Morgan fingerprint density at radius 2 is 1.68 bits per heavy atom. The van der Waals surface area contributed by atoms with E-state index in [1.165, 1.54) is 11.8 Å². The number of rotatable bonds is 5. The summed E-state index contributed by atoms with van der Waals surface area (Å²) in [7, 11) is -3.22. The molecule has 0 atom stereocenters. The number of nitrogens with zero attached hydrogens (tertiary/aromatic N) is 2. The van der Waals surface area contributed by atoms with Crippen molar-refractivity contribution in [3.05, 3.63) is 65.3 Å². The van der Waals surface area contributed by atoms with Gasteiger partial charge in [0.15, 0.2) is 15.0 Å². The maximum atomic E-state index is 11.6. The second-order valence-electron chi connectivity index (χ2n) is 5.98. The number of hydrogen-bond acceptors (Lipinski definition) is 3. The second kappa shape index (κ2) is 7.02. The fourth-order valence-electron chi connectivity index (χ4n) is 2.72. The first kappa shape index (κ1) is 17.7. The van der Waals surface area contributed by atoms with E-state index in [2.05, 4.69) is 24.2 Å². The molecular formula is C19H19ClN2O2S. The first-order chi connectivity index (χ1) is 11.9. The highest BCUT2D eigenvalue weighted by Crippen LogP contribution is 2.27. The number of benzene rings is 2. The zero-order chi connectivity index (χ0) is 18.0. The number of aromatic nitrogens is 2. The van der Waals surface area contributed by atoms with Crippen LogP contribution in [-0.2, 0) is 16.3 Å². The van der Waals surface area contributed by atoms with E-state index in [1.807, 2.05) is 12.1 Å². The molecule has 0 N–H and O–H groups in total. The molecule has 6 heteroatoms. The molecule has 1 aromatic heterocycles. The molecule has 0 aliphatic rings. The predicted molar refractivity (Wildman–Crippen MR) is 101 cm³/mol. The van der Waals surface area contributed by atoms with Gasteiger partial charge >= 0.3 is 0 Å². The van der Waals surface area contributed by atoms with E-state index >= 15 is 0 Å². The van der Waals surface area contributed by atoms with Gasteiger partial charge in [0.25, 0.3) is 0 Å². The molecule has 2 aromatic carbocycles. The smallest absolute Gasteiger partial charge is 0.175 e. The Morgan fingerprint density at radius 1 is 1.04 bits per heavy atom. The lowest BCUT2D eigenvalue weighted by molar-refractivity contribution is 0.602. The Labute approximate surface area is 153 Å². The first-order valence-electron chi connectivity index (χ1n) is 8.04. The van der Waals surface area contributed by atoms with Gasteiger partial charge in [0.2, 0.25) is 0 Å². The summed E-state index contributed by atoms with van der Waals surface area (Å²) >= 11 is 6.12. The van der Waals surface area contributed by atoms with Crippen molar-refractivity contribution in [1.82, 2.24) is 9.78 Å². The Morgan fingerprint density at radius 3 is 2.24 bits per heavy atom. The number of halogens is 1. The van der Waals surface area contributed by atoms with Gasteiger partial charge in [-0.1, -0.05) is 49.2 Å². The molecule has 0 fully saturated rings. The fourth-order valence-corrected chi connectivity index (χ4v) is 3.53. The van der Waals surface area contributed by atoms with Crippen LogP contribution in [0.3, 0.4) is 0 Å².